The second-order valence-electron chi connectivity index (χ2n) is 5.51. The molecule has 3 unspecified atom stereocenters. The zero-order valence-corrected chi connectivity index (χ0v) is 10.6. The van der Waals surface area contributed by atoms with Crippen molar-refractivity contribution in [3.63, 3.8) is 0 Å². The number of alkyl halides is 1. The molecule has 2 fully saturated rings. The van der Waals surface area contributed by atoms with Gasteiger partial charge in [-0.05, 0) is 48.3 Å². The van der Waals surface area contributed by atoms with Crippen LogP contribution in [0, 0.1) is 17.8 Å². The van der Waals surface area contributed by atoms with E-state index in [1.807, 2.05) is 18.2 Å². The number of halogens is 1. The van der Waals surface area contributed by atoms with Crippen molar-refractivity contribution in [1.82, 2.24) is 4.98 Å². The van der Waals surface area contributed by atoms with Gasteiger partial charge in [-0.2, -0.15) is 0 Å². The lowest BCUT2D eigenvalue weighted by molar-refractivity contribution is 0.552. The molecule has 4 rings (SSSR count). The van der Waals surface area contributed by atoms with Crippen LogP contribution in [0.1, 0.15) is 30.2 Å². The predicted molar refractivity (Wildman–Crippen MR) is 69.7 cm³/mol. The number of aromatic nitrogens is 1. The van der Waals surface area contributed by atoms with E-state index in [4.69, 9.17) is 16.0 Å². The molecule has 0 amide bonds. The van der Waals surface area contributed by atoms with Gasteiger partial charge in [-0.3, -0.25) is 4.98 Å². The number of benzene rings is 1. The van der Waals surface area contributed by atoms with Crippen LogP contribution < -0.4 is 5.76 Å². The van der Waals surface area contributed by atoms with Gasteiger partial charge >= 0.3 is 5.76 Å². The van der Waals surface area contributed by atoms with Gasteiger partial charge in [-0.15, -0.1) is 11.6 Å². The highest BCUT2D eigenvalue weighted by molar-refractivity contribution is 6.21. The smallest absolute Gasteiger partial charge is 0.408 e. The molecular formula is C14H14ClNO2. The molecule has 2 aliphatic carbocycles. The molecule has 1 aromatic carbocycles. The molecule has 1 N–H and O–H groups in total. The third kappa shape index (κ3) is 1.46. The lowest BCUT2D eigenvalue weighted by Gasteiger charge is -2.11. The van der Waals surface area contributed by atoms with Crippen LogP contribution in [-0.4, -0.2) is 4.98 Å². The summed E-state index contributed by atoms with van der Waals surface area (Å²) in [5, 5.41) is 0.0601. The number of hydrogen-bond acceptors (Lipinski definition) is 2. The molecule has 0 spiro atoms. The fourth-order valence-corrected chi connectivity index (χ4v) is 4.18. The van der Waals surface area contributed by atoms with Crippen molar-refractivity contribution < 1.29 is 4.42 Å². The molecule has 4 heteroatoms. The first-order valence-electron chi connectivity index (χ1n) is 6.51. The van der Waals surface area contributed by atoms with Crippen molar-refractivity contribution in [1.29, 1.82) is 0 Å². The Bertz CT molecular complexity index is 649. The van der Waals surface area contributed by atoms with Crippen molar-refractivity contribution in [2.24, 2.45) is 17.8 Å². The highest BCUT2D eigenvalue weighted by atomic mass is 35.5. The molecule has 2 aromatic rings. The van der Waals surface area contributed by atoms with Gasteiger partial charge in [0.25, 0.3) is 0 Å². The zero-order chi connectivity index (χ0) is 12.3. The maximum atomic E-state index is 11.1. The maximum absolute atomic E-state index is 11.1. The van der Waals surface area contributed by atoms with Crippen molar-refractivity contribution in [2.75, 3.05) is 0 Å². The molecule has 0 bridgehead atoms. The Labute approximate surface area is 109 Å². The Morgan fingerprint density at radius 3 is 2.89 bits per heavy atom. The Hall–Kier alpha value is -1.22. The Morgan fingerprint density at radius 1 is 1.33 bits per heavy atom. The lowest BCUT2D eigenvalue weighted by atomic mass is 10.0. The van der Waals surface area contributed by atoms with Crippen LogP contribution >= 0.6 is 11.6 Å². The average Bonchev–Trinajstić information content (AvgIpc) is 2.74. The molecule has 18 heavy (non-hydrogen) atoms. The summed E-state index contributed by atoms with van der Waals surface area (Å²) in [5.41, 5.74) is 2.42. The lowest BCUT2D eigenvalue weighted by Crippen LogP contribution is -1.98. The van der Waals surface area contributed by atoms with E-state index in [9.17, 15) is 4.79 Å². The Kier molecular flexibility index (Phi) is 2.16. The Balaban J connectivity index is 1.67. The monoisotopic (exact) mass is 263 g/mol. The second kappa shape index (κ2) is 3.64. The van der Waals surface area contributed by atoms with E-state index in [-0.39, 0.29) is 5.38 Å². The van der Waals surface area contributed by atoms with Crippen LogP contribution in [0.25, 0.3) is 11.1 Å². The summed E-state index contributed by atoms with van der Waals surface area (Å²) in [7, 11) is 0. The predicted octanol–water partition coefficient (Wildman–Crippen LogP) is 3.45. The minimum Gasteiger partial charge on any atom is -0.408 e. The third-order valence-electron chi connectivity index (χ3n) is 4.57. The molecule has 0 aliphatic heterocycles. The van der Waals surface area contributed by atoms with Crippen molar-refractivity contribution in [3.8, 4) is 0 Å². The quantitative estimate of drug-likeness (QED) is 0.844. The molecule has 2 aliphatic rings. The van der Waals surface area contributed by atoms with E-state index in [0.717, 1.165) is 22.9 Å². The maximum Gasteiger partial charge on any atom is 0.417 e. The summed E-state index contributed by atoms with van der Waals surface area (Å²) in [5.74, 6) is 1.89. The van der Waals surface area contributed by atoms with Crippen LogP contribution in [0.3, 0.4) is 0 Å². The minimum atomic E-state index is -0.406. The fraction of sp³-hybridized carbons (Fsp3) is 0.500. The molecule has 1 aromatic heterocycles. The van der Waals surface area contributed by atoms with Gasteiger partial charge in [0.15, 0.2) is 5.58 Å². The van der Waals surface area contributed by atoms with Crippen molar-refractivity contribution in [2.45, 2.75) is 24.6 Å². The summed E-state index contributed by atoms with van der Waals surface area (Å²) < 4.78 is 5.08. The molecule has 94 valence electrons. The van der Waals surface area contributed by atoms with Gasteiger partial charge in [0.1, 0.15) is 0 Å². The van der Waals surface area contributed by atoms with E-state index in [2.05, 4.69) is 4.98 Å². The molecule has 2 saturated carbocycles. The van der Waals surface area contributed by atoms with Crippen LogP contribution in [-0.2, 0) is 0 Å². The largest absolute Gasteiger partial charge is 0.417 e. The SMILES string of the molecule is O=c1[nH]c2ccc(C(Cl)C3C4CCCC43)cc2o1. The summed E-state index contributed by atoms with van der Waals surface area (Å²) in [6.07, 6.45) is 4.03. The number of fused-ring (bicyclic) bond motifs is 2. The summed E-state index contributed by atoms with van der Waals surface area (Å²) in [4.78, 5) is 13.8. The number of aromatic amines is 1. The number of nitrogens with one attached hydrogen (secondary N) is 1. The molecule has 3 atom stereocenters. The number of H-pyrrole nitrogens is 1. The van der Waals surface area contributed by atoms with Crippen molar-refractivity contribution >= 4 is 22.7 Å². The topological polar surface area (TPSA) is 46.0 Å². The van der Waals surface area contributed by atoms with Gasteiger partial charge in [0, 0.05) is 0 Å². The highest BCUT2D eigenvalue weighted by Crippen LogP contribution is 2.63. The molecule has 0 saturated heterocycles. The second-order valence-corrected chi connectivity index (χ2v) is 5.98. The Morgan fingerprint density at radius 2 is 2.11 bits per heavy atom. The van der Waals surface area contributed by atoms with Gasteiger partial charge in [-0.25, -0.2) is 4.79 Å². The first-order chi connectivity index (χ1) is 8.74. The summed E-state index contributed by atoms with van der Waals surface area (Å²) in [6, 6.07) is 5.78. The van der Waals surface area contributed by atoms with Gasteiger partial charge in [-0.1, -0.05) is 12.5 Å². The van der Waals surface area contributed by atoms with Crippen LogP contribution in [0.4, 0.5) is 0 Å². The molecule has 0 radical (unpaired) electrons. The van der Waals surface area contributed by atoms with Gasteiger partial charge < -0.3 is 4.42 Å². The van der Waals surface area contributed by atoms with E-state index < -0.39 is 5.76 Å². The first-order valence-corrected chi connectivity index (χ1v) is 6.94. The molecule has 3 nitrogen and oxygen atoms in total. The fourth-order valence-electron chi connectivity index (χ4n) is 3.67. The number of oxazole rings is 1. The summed E-state index contributed by atoms with van der Waals surface area (Å²) in [6.45, 7) is 0. The zero-order valence-electron chi connectivity index (χ0n) is 9.86. The van der Waals surface area contributed by atoms with Crippen LogP contribution in [0.2, 0.25) is 0 Å². The number of rotatable bonds is 2. The minimum absolute atomic E-state index is 0.0601. The molecule has 1 heterocycles. The van der Waals surface area contributed by atoms with E-state index >= 15 is 0 Å². The van der Waals surface area contributed by atoms with Crippen LogP contribution in [0.15, 0.2) is 27.4 Å². The van der Waals surface area contributed by atoms with Crippen LogP contribution in [0.5, 0.6) is 0 Å². The third-order valence-corrected chi connectivity index (χ3v) is 5.12. The van der Waals surface area contributed by atoms with E-state index in [0.29, 0.717) is 11.5 Å². The number of hydrogen-bond donors (Lipinski definition) is 1. The molecular weight excluding hydrogens is 250 g/mol. The van der Waals surface area contributed by atoms with Crippen molar-refractivity contribution in [3.05, 3.63) is 34.3 Å². The standard InChI is InChI=1S/C14H14ClNO2/c15-13(12-8-2-1-3-9(8)12)7-4-5-10-11(6-7)18-14(17)16-10/h4-6,8-9,12-13H,1-3H2,(H,16,17). The average molecular weight is 264 g/mol. The highest BCUT2D eigenvalue weighted by Gasteiger charge is 2.55. The first kappa shape index (κ1) is 10.7. The normalized spacial score (nSPS) is 31.5. The van der Waals surface area contributed by atoms with Gasteiger partial charge in [0.05, 0.1) is 10.9 Å². The van der Waals surface area contributed by atoms with E-state index in [1.54, 1.807) is 0 Å². The van der Waals surface area contributed by atoms with E-state index in [1.165, 1.54) is 19.3 Å². The summed E-state index contributed by atoms with van der Waals surface area (Å²) >= 11 is 6.58. The van der Waals surface area contributed by atoms with Gasteiger partial charge in [0.2, 0.25) is 0 Å².